The minimum atomic E-state index is 0.285. The molecule has 0 fully saturated rings. The number of nitrogens with zero attached hydrogens (tertiary/aromatic N) is 5. The van der Waals surface area contributed by atoms with Crippen LogP contribution in [-0.2, 0) is 13.6 Å². The number of hydrogen-bond donors (Lipinski definition) is 0. The van der Waals surface area contributed by atoms with Crippen LogP contribution in [0.1, 0.15) is 16.5 Å². The maximum atomic E-state index is 4.80. The molecule has 4 aromatic rings. The fraction of sp³-hybridized carbons (Fsp3) is 0.273. The van der Waals surface area contributed by atoms with Crippen LogP contribution in [0, 0.1) is 6.92 Å². The van der Waals surface area contributed by atoms with Crippen molar-refractivity contribution in [1.82, 2.24) is 24.2 Å². The molecule has 0 aliphatic heterocycles. The highest BCUT2D eigenvalue weighted by Gasteiger charge is 2.22. The Bertz CT molecular complexity index is 1060. The minimum Gasteiger partial charge on any atom is -0.328 e. The van der Waals surface area contributed by atoms with Crippen LogP contribution >= 0.6 is 11.3 Å². The smallest absolute Gasteiger partial charge is 0.0964 e. The SMILES string of the molecule is Cc1ccsc1[C@H](Cn1cnc(-c2ccccc2)c1-c1cnn(C)c1)N(C)C. The Balaban J connectivity index is 1.81. The van der Waals surface area contributed by atoms with Gasteiger partial charge in [0.1, 0.15) is 0 Å². The monoisotopic (exact) mass is 391 g/mol. The molecule has 0 aliphatic carbocycles. The fourth-order valence-electron chi connectivity index (χ4n) is 3.57. The highest BCUT2D eigenvalue weighted by molar-refractivity contribution is 7.10. The van der Waals surface area contributed by atoms with Crippen molar-refractivity contribution < 1.29 is 0 Å². The predicted octanol–water partition coefficient (Wildman–Crippen LogP) is 4.62. The van der Waals surface area contributed by atoms with Crippen molar-refractivity contribution in [2.45, 2.75) is 19.5 Å². The third kappa shape index (κ3) is 3.53. The lowest BCUT2D eigenvalue weighted by atomic mass is 10.1. The number of aryl methyl sites for hydroxylation is 2. The van der Waals surface area contributed by atoms with E-state index in [9.17, 15) is 0 Å². The number of rotatable bonds is 6. The summed E-state index contributed by atoms with van der Waals surface area (Å²) in [6, 6.07) is 12.8. The van der Waals surface area contributed by atoms with E-state index < -0.39 is 0 Å². The first-order valence-electron chi connectivity index (χ1n) is 9.34. The lowest BCUT2D eigenvalue weighted by Gasteiger charge is -2.25. The summed E-state index contributed by atoms with van der Waals surface area (Å²) < 4.78 is 4.11. The molecule has 144 valence electrons. The van der Waals surface area contributed by atoms with E-state index in [4.69, 9.17) is 4.98 Å². The van der Waals surface area contributed by atoms with Crippen LogP contribution in [0.3, 0.4) is 0 Å². The van der Waals surface area contributed by atoms with Gasteiger partial charge in [-0.1, -0.05) is 30.3 Å². The Labute approximate surface area is 169 Å². The van der Waals surface area contributed by atoms with Crippen LogP contribution in [0.4, 0.5) is 0 Å². The summed E-state index contributed by atoms with van der Waals surface area (Å²) in [7, 11) is 6.23. The molecule has 4 rings (SSSR count). The molecule has 1 aromatic carbocycles. The molecule has 0 N–H and O–H groups in total. The highest BCUT2D eigenvalue weighted by atomic mass is 32.1. The zero-order valence-corrected chi connectivity index (χ0v) is 17.5. The quantitative estimate of drug-likeness (QED) is 0.481. The van der Waals surface area contributed by atoms with Crippen LogP contribution in [0.15, 0.2) is 60.5 Å². The van der Waals surface area contributed by atoms with Gasteiger partial charge in [-0.25, -0.2) is 4.98 Å². The standard InChI is InChI=1S/C22H25N5S/c1-16-10-11-28-22(16)19(25(2)3)14-27-15-23-20(17-8-6-5-7-9-17)21(27)18-12-24-26(4)13-18/h5-13,15,19H,14H2,1-4H3/t19-/m0/s1. The van der Waals surface area contributed by atoms with Crippen LogP contribution in [-0.4, -0.2) is 38.3 Å². The third-order valence-corrected chi connectivity index (χ3v) is 6.18. The van der Waals surface area contributed by atoms with E-state index in [1.54, 1.807) is 0 Å². The number of imidazole rings is 1. The van der Waals surface area contributed by atoms with Gasteiger partial charge in [0.15, 0.2) is 0 Å². The van der Waals surface area contributed by atoms with E-state index >= 15 is 0 Å². The number of likely N-dealkylation sites (N-methyl/N-ethyl adjacent to an activating group) is 1. The number of aromatic nitrogens is 4. The normalized spacial score (nSPS) is 12.6. The summed E-state index contributed by atoms with van der Waals surface area (Å²) in [6.45, 7) is 3.02. The second kappa shape index (κ2) is 7.73. The van der Waals surface area contributed by atoms with Crippen LogP contribution < -0.4 is 0 Å². The molecule has 28 heavy (non-hydrogen) atoms. The van der Waals surface area contributed by atoms with E-state index in [0.29, 0.717) is 0 Å². The molecule has 3 heterocycles. The van der Waals surface area contributed by atoms with E-state index in [-0.39, 0.29) is 6.04 Å². The van der Waals surface area contributed by atoms with Gasteiger partial charge in [0.2, 0.25) is 0 Å². The lowest BCUT2D eigenvalue weighted by Crippen LogP contribution is -2.24. The summed E-state index contributed by atoms with van der Waals surface area (Å²) in [5, 5.41) is 6.57. The summed E-state index contributed by atoms with van der Waals surface area (Å²) in [4.78, 5) is 8.48. The van der Waals surface area contributed by atoms with E-state index in [1.807, 2.05) is 41.7 Å². The largest absolute Gasteiger partial charge is 0.328 e. The van der Waals surface area contributed by atoms with E-state index in [1.165, 1.54) is 10.4 Å². The first-order valence-corrected chi connectivity index (χ1v) is 10.2. The van der Waals surface area contributed by atoms with E-state index in [0.717, 1.165) is 29.1 Å². The topological polar surface area (TPSA) is 38.9 Å². The molecule has 1 atom stereocenters. The number of benzene rings is 1. The zero-order valence-electron chi connectivity index (χ0n) is 16.7. The number of hydrogen-bond acceptors (Lipinski definition) is 4. The number of thiophene rings is 1. The van der Waals surface area contributed by atoms with Crippen molar-refractivity contribution in [3.8, 4) is 22.5 Å². The fourth-order valence-corrected chi connectivity index (χ4v) is 4.68. The maximum Gasteiger partial charge on any atom is 0.0964 e. The Kier molecular flexibility index (Phi) is 5.15. The summed E-state index contributed by atoms with van der Waals surface area (Å²) in [5.74, 6) is 0. The van der Waals surface area contributed by atoms with Gasteiger partial charge in [-0.3, -0.25) is 4.68 Å². The van der Waals surface area contributed by atoms with Crippen molar-refractivity contribution >= 4 is 11.3 Å². The maximum absolute atomic E-state index is 4.80. The van der Waals surface area contributed by atoms with Crippen molar-refractivity contribution in [3.63, 3.8) is 0 Å². The first kappa shape index (κ1) is 18.7. The Hall–Kier alpha value is -2.70. The first-order chi connectivity index (χ1) is 13.5. The molecule has 0 bridgehead atoms. The molecular weight excluding hydrogens is 366 g/mol. The Morgan fingerprint density at radius 1 is 1.11 bits per heavy atom. The van der Waals surface area contributed by atoms with Crippen molar-refractivity contribution in [3.05, 3.63) is 70.9 Å². The molecular formula is C22H25N5S. The second-order valence-corrected chi connectivity index (χ2v) is 8.26. The van der Waals surface area contributed by atoms with Gasteiger partial charge in [-0.15, -0.1) is 11.3 Å². The Morgan fingerprint density at radius 2 is 1.89 bits per heavy atom. The summed E-state index contributed by atoms with van der Waals surface area (Å²) in [5.41, 5.74) is 5.65. The summed E-state index contributed by atoms with van der Waals surface area (Å²) >= 11 is 1.82. The molecule has 0 saturated carbocycles. The molecule has 0 spiro atoms. The van der Waals surface area contributed by atoms with Gasteiger partial charge in [0.25, 0.3) is 0 Å². The van der Waals surface area contributed by atoms with E-state index in [2.05, 4.69) is 77.5 Å². The Morgan fingerprint density at radius 3 is 2.50 bits per heavy atom. The van der Waals surface area contributed by atoms with Crippen LogP contribution in [0.25, 0.3) is 22.5 Å². The molecule has 6 heteroatoms. The average molecular weight is 392 g/mol. The van der Waals surface area contributed by atoms with Gasteiger partial charge < -0.3 is 9.47 Å². The van der Waals surface area contributed by atoms with Crippen molar-refractivity contribution in [1.29, 1.82) is 0 Å². The van der Waals surface area contributed by atoms with Gasteiger partial charge in [-0.2, -0.15) is 5.10 Å². The molecule has 0 unspecified atom stereocenters. The molecule has 5 nitrogen and oxygen atoms in total. The summed E-state index contributed by atoms with van der Waals surface area (Å²) in [6.07, 6.45) is 5.94. The zero-order chi connectivity index (χ0) is 19.7. The van der Waals surface area contributed by atoms with Gasteiger partial charge in [0, 0.05) is 35.8 Å². The molecule has 0 aliphatic rings. The third-order valence-electron chi connectivity index (χ3n) is 5.06. The van der Waals surface area contributed by atoms with Gasteiger partial charge in [0.05, 0.1) is 30.0 Å². The van der Waals surface area contributed by atoms with Gasteiger partial charge in [-0.05, 0) is 38.0 Å². The highest BCUT2D eigenvalue weighted by Crippen LogP contribution is 2.34. The lowest BCUT2D eigenvalue weighted by molar-refractivity contribution is 0.273. The second-order valence-electron chi connectivity index (χ2n) is 7.31. The van der Waals surface area contributed by atoms with Crippen LogP contribution in [0.5, 0.6) is 0 Å². The predicted molar refractivity (Wildman–Crippen MR) is 115 cm³/mol. The minimum absolute atomic E-state index is 0.285. The average Bonchev–Trinajstić information content (AvgIpc) is 3.40. The molecule has 3 aromatic heterocycles. The molecule has 0 amide bonds. The van der Waals surface area contributed by atoms with Crippen LogP contribution in [0.2, 0.25) is 0 Å². The van der Waals surface area contributed by atoms with Gasteiger partial charge >= 0.3 is 0 Å². The molecule has 0 saturated heterocycles. The van der Waals surface area contributed by atoms with Crippen molar-refractivity contribution in [2.75, 3.05) is 14.1 Å². The molecule has 0 radical (unpaired) electrons. The van der Waals surface area contributed by atoms with Crippen molar-refractivity contribution in [2.24, 2.45) is 7.05 Å².